The molecule has 0 saturated carbocycles. The van der Waals surface area contributed by atoms with Gasteiger partial charge in [-0.15, -0.1) is 0 Å². The number of aliphatic carboxylic acids is 1. The highest BCUT2D eigenvalue weighted by Crippen LogP contribution is 2.21. The van der Waals surface area contributed by atoms with Crippen LogP contribution in [0.3, 0.4) is 0 Å². The lowest BCUT2D eigenvalue weighted by Gasteiger charge is -2.31. The Morgan fingerprint density at radius 3 is 2.56 bits per heavy atom. The van der Waals surface area contributed by atoms with Crippen molar-refractivity contribution in [3.8, 4) is 5.75 Å². The summed E-state index contributed by atoms with van der Waals surface area (Å²) in [6.45, 7) is 1.15. The average molecular weight is 339 g/mol. The fourth-order valence-electron chi connectivity index (χ4n) is 3.07. The lowest BCUT2D eigenvalue weighted by Crippen LogP contribution is -2.42. The highest BCUT2D eigenvalue weighted by Gasteiger charge is 2.29. The van der Waals surface area contributed by atoms with Gasteiger partial charge in [0.1, 0.15) is 12.4 Å². The van der Waals surface area contributed by atoms with Crippen LogP contribution in [0.15, 0.2) is 54.6 Å². The quantitative estimate of drug-likeness (QED) is 0.908. The molecule has 5 nitrogen and oxygen atoms in total. The Morgan fingerprint density at radius 2 is 1.80 bits per heavy atom. The van der Waals surface area contributed by atoms with E-state index in [1.165, 1.54) is 0 Å². The van der Waals surface area contributed by atoms with Gasteiger partial charge in [-0.2, -0.15) is 0 Å². The third kappa shape index (κ3) is 4.18. The Morgan fingerprint density at radius 1 is 1.08 bits per heavy atom. The number of carboxylic acids is 1. The molecule has 2 aromatic carbocycles. The molecule has 1 heterocycles. The Labute approximate surface area is 146 Å². The zero-order valence-electron chi connectivity index (χ0n) is 13.9. The monoisotopic (exact) mass is 339 g/mol. The van der Waals surface area contributed by atoms with Crippen molar-refractivity contribution < 1.29 is 19.4 Å². The zero-order valence-corrected chi connectivity index (χ0v) is 13.9. The fraction of sp³-hybridized carbons (Fsp3) is 0.300. The maximum atomic E-state index is 12.9. The maximum Gasteiger partial charge on any atom is 0.308 e. The molecule has 1 N–H and O–H groups in total. The van der Waals surface area contributed by atoms with Crippen LogP contribution in [0.25, 0.3) is 0 Å². The van der Waals surface area contributed by atoms with E-state index in [-0.39, 0.29) is 12.5 Å². The summed E-state index contributed by atoms with van der Waals surface area (Å²) < 4.78 is 5.76. The molecule has 1 unspecified atom stereocenters. The van der Waals surface area contributed by atoms with Crippen molar-refractivity contribution in [2.45, 2.75) is 19.4 Å². The lowest BCUT2D eigenvalue weighted by molar-refractivity contribution is -0.143. The highest BCUT2D eigenvalue weighted by molar-refractivity contribution is 5.96. The van der Waals surface area contributed by atoms with Crippen LogP contribution in [0.4, 0.5) is 0 Å². The van der Waals surface area contributed by atoms with E-state index in [1.807, 2.05) is 48.5 Å². The molecule has 5 heteroatoms. The molecule has 1 fully saturated rings. The van der Waals surface area contributed by atoms with Gasteiger partial charge in [0, 0.05) is 24.2 Å². The number of carboxylic acid groups (broad SMARTS) is 1. The molecular formula is C20H21NO4. The van der Waals surface area contributed by atoms with Crippen LogP contribution in [0.2, 0.25) is 0 Å². The summed E-state index contributed by atoms with van der Waals surface area (Å²) in [5, 5.41) is 9.22. The Bertz CT molecular complexity index is 744. The van der Waals surface area contributed by atoms with Crippen molar-refractivity contribution >= 4 is 11.9 Å². The second-order valence-corrected chi connectivity index (χ2v) is 6.19. The second-order valence-electron chi connectivity index (χ2n) is 6.19. The van der Waals surface area contributed by atoms with Gasteiger partial charge in [-0.25, -0.2) is 0 Å². The molecular weight excluding hydrogens is 318 g/mol. The first-order valence-electron chi connectivity index (χ1n) is 8.43. The molecule has 2 aromatic rings. The molecule has 0 bridgehead atoms. The van der Waals surface area contributed by atoms with Crippen molar-refractivity contribution in [3.63, 3.8) is 0 Å². The van der Waals surface area contributed by atoms with E-state index in [4.69, 9.17) is 4.74 Å². The van der Waals surface area contributed by atoms with Gasteiger partial charge >= 0.3 is 5.97 Å². The molecule has 3 rings (SSSR count). The van der Waals surface area contributed by atoms with Gasteiger partial charge in [0.05, 0.1) is 5.92 Å². The smallest absolute Gasteiger partial charge is 0.308 e. The average Bonchev–Trinajstić information content (AvgIpc) is 2.67. The van der Waals surface area contributed by atoms with Crippen LogP contribution in [-0.2, 0) is 11.4 Å². The zero-order chi connectivity index (χ0) is 17.6. The van der Waals surface area contributed by atoms with Crippen molar-refractivity contribution in [3.05, 3.63) is 65.7 Å². The number of nitrogens with zero attached hydrogens (tertiary/aromatic N) is 1. The third-order valence-corrected chi connectivity index (χ3v) is 4.44. The van der Waals surface area contributed by atoms with Gasteiger partial charge in [-0.1, -0.05) is 36.4 Å². The Kier molecular flexibility index (Phi) is 5.33. The van der Waals surface area contributed by atoms with Gasteiger partial charge in [-0.05, 0) is 31.0 Å². The summed E-state index contributed by atoms with van der Waals surface area (Å²) in [5.41, 5.74) is 1.37. The molecule has 25 heavy (non-hydrogen) atoms. The number of benzene rings is 2. The number of piperidine rings is 1. The molecule has 130 valence electrons. The first-order chi connectivity index (χ1) is 12.1. The minimum absolute atomic E-state index is 0.127. The number of amides is 1. The molecule has 0 radical (unpaired) electrons. The second kappa shape index (κ2) is 7.83. The van der Waals surface area contributed by atoms with E-state index >= 15 is 0 Å². The summed E-state index contributed by atoms with van der Waals surface area (Å²) >= 11 is 0. The van der Waals surface area contributed by atoms with E-state index in [2.05, 4.69) is 0 Å². The number of para-hydroxylation sites is 1. The number of hydrogen-bond acceptors (Lipinski definition) is 3. The van der Waals surface area contributed by atoms with Gasteiger partial charge in [0.25, 0.3) is 5.91 Å². The molecule has 1 atom stereocenters. The van der Waals surface area contributed by atoms with E-state index in [0.717, 1.165) is 11.3 Å². The van der Waals surface area contributed by atoms with E-state index in [9.17, 15) is 14.7 Å². The molecule has 1 aliphatic rings. The summed E-state index contributed by atoms with van der Waals surface area (Å²) in [7, 11) is 0. The lowest BCUT2D eigenvalue weighted by atomic mass is 9.97. The highest BCUT2D eigenvalue weighted by atomic mass is 16.5. The van der Waals surface area contributed by atoms with Crippen molar-refractivity contribution in [1.82, 2.24) is 4.90 Å². The van der Waals surface area contributed by atoms with Gasteiger partial charge < -0.3 is 14.7 Å². The third-order valence-electron chi connectivity index (χ3n) is 4.44. The summed E-state index contributed by atoms with van der Waals surface area (Å²) in [4.78, 5) is 25.7. The SMILES string of the molecule is O=C(O)C1CCCN(C(=O)c2ccccc2COc2ccccc2)C1. The molecule has 1 saturated heterocycles. The van der Waals surface area contributed by atoms with Crippen LogP contribution in [-0.4, -0.2) is 35.0 Å². The maximum absolute atomic E-state index is 12.9. The number of rotatable bonds is 5. The van der Waals surface area contributed by atoms with Gasteiger partial charge in [0.2, 0.25) is 0 Å². The first-order valence-corrected chi connectivity index (χ1v) is 8.43. The van der Waals surface area contributed by atoms with Crippen LogP contribution < -0.4 is 4.74 Å². The van der Waals surface area contributed by atoms with Crippen LogP contribution in [0.1, 0.15) is 28.8 Å². The Balaban J connectivity index is 1.73. The van der Waals surface area contributed by atoms with Crippen molar-refractivity contribution in [2.75, 3.05) is 13.1 Å². The normalized spacial score (nSPS) is 17.1. The fourth-order valence-corrected chi connectivity index (χ4v) is 3.07. The minimum Gasteiger partial charge on any atom is -0.489 e. The molecule has 1 aliphatic heterocycles. The summed E-state index contributed by atoms with van der Waals surface area (Å²) in [6.07, 6.45) is 1.34. The molecule has 0 aliphatic carbocycles. The van der Waals surface area contributed by atoms with Crippen molar-refractivity contribution in [2.24, 2.45) is 5.92 Å². The molecule has 0 aromatic heterocycles. The van der Waals surface area contributed by atoms with Crippen LogP contribution >= 0.6 is 0 Å². The first kappa shape index (κ1) is 17.0. The Hall–Kier alpha value is -2.82. The van der Waals surface area contributed by atoms with Gasteiger partial charge in [-0.3, -0.25) is 9.59 Å². The largest absolute Gasteiger partial charge is 0.489 e. The van der Waals surface area contributed by atoms with Gasteiger partial charge in [0.15, 0.2) is 0 Å². The number of hydrogen-bond donors (Lipinski definition) is 1. The van der Waals surface area contributed by atoms with Crippen molar-refractivity contribution in [1.29, 1.82) is 0 Å². The van der Waals surface area contributed by atoms with Crippen LogP contribution in [0.5, 0.6) is 5.75 Å². The number of likely N-dealkylation sites (tertiary alicyclic amines) is 1. The topological polar surface area (TPSA) is 66.8 Å². The van der Waals surface area contributed by atoms with E-state index < -0.39 is 11.9 Å². The predicted molar refractivity (Wildman–Crippen MR) is 93.5 cm³/mol. The van der Waals surface area contributed by atoms with E-state index in [0.29, 0.717) is 31.6 Å². The number of ether oxygens (including phenoxy) is 1. The molecule has 0 spiro atoms. The van der Waals surface area contributed by atoms with E-state index in [1.54, 1.807) is 11.0 Å². The van der Waals surface area contributed by atoms with Crippen LogP contribution in [0, 0.1) is 5.92 Å². The summed E-state index contributed by atoms with van der Waals surface area (Å²) in [5.74, 6) is -0.699. The minimum atomic E-state index is -0.835. The summed E-state index contributed by atoms with van der Waals surface area (Å²) in [6, 6.07) is 16.8. The molecule has 1 amide bonds. The number of carbonyl (C=O) groups is 2. The number of carbonyl (C=O) groups excluding carboxylic acids is 1. The predicted octanol–water partition coefficient (Wildman–Crippen LogP) is 3.20. The standard InChI is InChI=1S/C20H21NO4/c22-19(21-12-6-8-15(13-21)20(23)24)18-11-5-4-7-16(18)14-25-17-9-2-1-3-10-17/h1-5,7,9-11,15H,6,8,12-14H2,(H,23,24).